The van der Waals surface area contributed by atoms with Gasteiger partial charge in [-0.05, 0) is 73.1 Å². The van der Waals surface area contributed by atoms with Crippen molar-refractivity contribution in [3.63, 3.8) is 0 Å². The number of rotatable bonds is 4. The van der Waals surface area contributed by atoms with E-state index in [2.05, 4.69) is 132 Å². The molecule has 0 saturated heterocycles. The summed E-state index contributed by atoms with van der Waals surface area (Å²) in [6.07, 6.45) is 3.70. The molecule has 0 spiro atoms. The first kappa shape index (κ1) is 29.5. The maximum Gasteiger partial charge on any atom is 0.164 e. The van der Waals surface area contributed by atoms with Crippen molar-refractivity contribution in [1.82, 2.24) is 19.9 Å². The van der Waals surface area contributed by atoms with Crippen molar-refractivity contribution in [3.8, 4) is 45.3 Å². The van der Waals surface area contributed by atoms with Crippen molar-refractivity contribution >= 4 is 65.0 Å². The molecule has 0 fully saturated rings. The molecule has 0 bridgehead atoms. The molecule has 0 amide bonds. The van der Waals surface area contributed by atoms with Crippen LogP contribution in [0, 0.1) is 0 Å². The number of hydrogen-bond donors (Lipinski definition) is 0. The Bertz CT molecular complexity index is 3240. The van der Waals surface area contributed by atoms with Gasteiger partial charge >= 0.3 is 0 Å². The van der Waals surface area contributed by atoms with Gasteiger partial charge in [-0.3, -0.25) is 4.98 Å². The van der Waals surface area contributed by atoms with Crippen LogP contribution in [-0.4, -0.2) is 19.9 Å². The number of benzene rings is 8. The zero-order chi connectivity index (χ0) is 34.9. The van der Waals surface area contributed by atoms with Crippen LogP contribution in [0.5, 0.6) is 0 Å². The second-order valence-corrected chi connectivity index (χ2v) is 13.4. The van der Waals surface area contributed by atoms with Gasteiger partial charge in [0.25, 0.3) is 0 Å². The van der Waals surface area contributed by atoms with Crippen LogP contribution in [0.15, 0.2) is 175 Å². The van der Waals surface area contributed by atoms with E-state index in [0.717, 1.165) is 82.1 Å². The van der Waals surface area contributed by atoms with Gasteiger partial charge < -0.3 is 4.42 Å². The smallest absolute Gasteiger partial charge is 0.164 e. The molecule has 0 radical (unpaired) electrons. The van der Waals surface area contributed by atoms with Crippen LogP contribution in [0.25, 0.3) is 110 Å². The third kappa shape index (κ3) is 4.64. The van der Waals surface area contributed by atoms with Gasteiger partial charge in [-0.1, -0.05) is 133 Å². The summed E-state index contributed by atoms with van der Waals surface area (Å²) in [4.78, 5) is 20.0. The zero-order valence-corrected chi connectivity index (χ0v) is 28.4. The molecule has 0 atom stereocenters. The monoisotopic (exact) mass is 676 g/mol. The van der Waals surface area contributed by atoms with Crippen LogP contribution < -0.4 is 0 Å². The van der Waals surface area contributed by atoms with Crippen molar-refractivity contribution in [2.24, 2.45) is 0 Å². The Balaban J connectivity index is 1.16. The van der Waals surface area contributed by atoms with Gasteiger partial charge in [0.15, 0.2) is 17.5 Å². The largest absolute Gasteiger partial charge is 0.455 e. The lowest BCUT2D eigenvalue weighted by atomic mass is 9.92. The fraction of sp³-hybridized carbons (Fsp3) is 0. The lowest BCUT2D eigenvalue weighted by Crippen LogP contribution is -2.01. The van der Waals surface area contributed by atoms with Crippen molar-refractivity contribution in [1.29, 1.82) is 0 Å². The van der Waals surface area contributed by atoms with Crippen molar-refractivity contribution in [2.75, 3.05) is 0 Å². The standard InChI is InChI=1S/C48H28N4O/c1-2-11-30(12-3-1)46-50-47(52-48(51-46)41-27-31-13-4-5-14-32(31)33-15-6-7-16-37(33)41)39-21-9-17-34-35(18-8-19-36(34)39)38-20-10-22-43-44(38)40-24-23-29-25-26-49-28-42(29)45(40)53-43/h1-28H. The Morgan fingerprint density at radius 3 is 1.89 bits per heavy atom. The summed E-state index contributed by atoms with van der Waals surface area (Å²) < 4.78 is 6.53. The third-order valence-electron chi connectivity index (χ3n) is 10.4. The lowest BCUT2D eigenvalue weighted by molar-refractivity contribution is 0.672. The Hall–Kier alpha value is -7.24. The van der Waals surface area contributed by atoms with E-state index in [4.69, 9.17) is 19.4 Å². The van der Waals surface area contributed by atoms with Gasteiger partial charge in [0.2, 0.25) is 0 Å². The molecule has 0 aliphatic carbocycles. The molecule has 0 N–H and O–H groups in total. The highest BCUT2D eigenvalue weighted by Gasteiger charge is 2.20. The minimum Gasteiger partial charge on any atom is -0.455 e. The normalized spacial score (nSPS) is 11.8. The van der Waals surface area contributed by atoms with E-state index in [1.807, 2.05) is 42.7 Å². The van der Waals surface area contributed by atoms with Gasteiger partial charge in [0.05, 0.1) is 0 Å². The topological polar surface area (TPSA) is 64.7 Å². The molecule has 8 aromatic carbocycles. The lowest BCUT2D eigenvalue weighted by Gasteiger charge is -2.14. The fourth-order valence-electron chi connectivity index (χ4n) is 7.98. The third-order valence-corrected chi connectivity index (χ3v) is 10.4. The molecule has 0 aliphatic heterocycles. The molecule has 5 heteroatoms. The van der Waals surface area contributed by atoms with Gasteiger partial charge in [-0.2, -0.15) is 0 Å². The second-order valence-electron chi connectivity index (χ2n) is 13.4. The maximum absolute atomic E-state index is 6.53. The maximum atomic E-state index is 6.53. The summed E-state index contributed by atoms with van der Waals surface area (Å²) in [5, 5.41) is 11.1. The number of furan rings is 1. The van der Waals surface area contributed by atoms with E-state index in [1.165, 1.54) is 10.8 Å². The van der Waals surface area contributed by atoms with Crippen LogP contribution in [0.3, 0.4) is 0 Å². The van der Waals surface area contributed by atoms with Crippen molar-refractivity contribution < 1.29 is 4.42 Å². The van der Waals surface area contributed by atoms with Gasteiger partial charge in [0, 0.05) is 45.2 Å². The minimum absolute atomic E-state index is 0.625. The number of nitrogens with zero attached hydrogens (tertiary/aromatic N) is 4. The SMILES string of the molecule is c1ccc(-c2nc(-c3cccc4c(-c5cccc6oc7c8cnccc8ccc7c56)cccc34)nc(-c3cc4ccccc4c4ccccc34)n2)cc1. The predicted octanol–water partition coefficient (Wildman–Crippen LogP) is 12.4. The van der Waals surface area contributed by atoms with Gasteiger partial charge in [0.1, 0.15) is 11.2 Å². The zero-order valence-electron chi connectivity index (χ0n) is 28.4. The molecule has 3 heterocycles. The highest BCUT2D eigenvalue weighted by Crippen LogP contribution is 2.43. The van der Waals surface area contributed by atoms with E-state index in [0.29, 0.717) is 17.5 Å². The Labute approximate surface area is 303 Å². The molecule has 0 saturated carbocycles. The number of hydrogen-bond acceptors (Lipinski definition) is 5. The Kier molecular flexibility index (Phi) is 6.48. The molecule has 11 aromatic rings. The first-order valence-corrected chi connectivity index (χ1v) is 17.7. The highest BCUT2D eigenvalue weighted by molar-refractivity contribution is 6.21. The molecule has 5 nitrogen and oxygen atoms in total. The number of pyridine rings is 1. The molecule has 11 rings (SSSR count). The first-order valence-electron chi connectivity index (χ1n) is 17.7. The van der Waals surface area contributed by atoms with Crippen LogP contribution >= 0.6 is 0 Å². The molecule has 53 heavy (non-hydrogen) atoms. The minimum atomic E-state index is 0.625. The Morgan fingerprint density at radius 1 is 0.377 bits per heavy atom. The van der Waals surface area contributed by atoms with E-state index in [1.54, 1.807) is 0 Å². The summed E-state index contributed by atoms with van der Waals surface area (Å²) in [5.74, 6) is 1.90. The van der Waals surface area contributed by atoms with Crippen molar-refractivity contribution in [3.05, 3.63) is 170 Å². The summed E-state index contributed by atoms with van der Waals surface area (Å²) in [6.45, 7) is 0. The molecule has 246 valence electrons. The van der Waals surface area contributed by atoms with E-state index in [9.17, 15) is 0 Å². The number of aromatic nitrogens is 4. The summed E-state index contributed by atoms with van der Waals surface area (Å²) in [7, 11) is 0. The van der Waals surface area contributed by atoms with E-state index in [-0.39, 0.29) is 0 Å². The fourth-order valence-corrected chi connectivity index (χ4v) is 7.98. The molecule has 3 aromatic heterocycles. The average molecular weight is 677 g/mol. The average Bonchev–Trinajstić information content (AvgIpc) is 3.63. The summed E-state index contributed by atoms with van der Waals surface area (Å²) >= 11 is 0. The summed E-state index contributed by atoms with van der Waals surface area (Å²) in [5.41, 5.74) is 6.77. The van der Waals surface area contributed by atoms with Crippen LogP contribution in [-0.2, 0) is 0 Å². The van der Waals surface area contributed by atoms with Gasteiger partial charge in [-0.25, -0.2) is 15.0 Å². The molecular weight excluding hydrogens is 649 g/mol. The second kappa shape index (κ2) is 11.7. The predicted molar refractivity (Wildman–Crippen MR) is 217 cm³/mol. The molecule has 0 unspecified atom stereocenters. The summed E-state index contributed by atoms with van der Waals surface area (Å²) in [6, 6.07) is 54.9. The first-order chi connectivity index (χ1) is 26.3. The van der Waals surface area contributed by atoms with E-state index < -0.39 is 0 Å². The van der Waals surface area contributed by atoms with E-state index >= 15 is 0 Å². The number of fused-ring (bicyclic) bond motifs is 9. The highest BCUT2D eigenvalue weighted by atomic mass is 16.3. The van der Waals surface area contributed by atoms with Crippen LogP contribution in [0.1, 0.15) is 0 Å². The quantitative estimate of drug-likeness (QED) is 0.174. The van der Waals surface area contributed by atoms with Crippen LogP contribution in [0.4, 0.5) is 0 Å². The Morgan fingerprint density at radius 2 is 1.02 bits per heavy atom. The van der Waals surface area contributed by atoms with Crippen molar-refractivity contribution in [2.45, 2.75) is 0 Å². The molecular formula is C48H28N4O. The van der Waals surface area contributed by atoms with Gasteiger partial charge in [-0.15, -0.1) is 0 Å². The van der Waals surface area contributed by atoms with Crippen LogP contribution in [0.2, 0.25) is 0 Å². The molecule has 0 aliphatic rings.